The Labute approximate surface area is 177 Å². The molecule has 2 N–H and O–H groups in total. The van der Waals surface area contributed by atoms with Crippen molar-refractivity contribution in [2.24, 2.45) is 0 Å². The lowest BCUT2D eigenvalue weighted by Crippen LogP contribution is -2.28. The number of pyridine rings is 1. The lowest BCUT2D eigenvalue weighted by molar-refractivity contribution is 0.0943. The van der Waals surface area contributed by atoms with E-state index < -0.39 is 33.2 Å². The largest absolute Gasteiger partial charge is 0.504 e. The molecule has 2 heterocycles. The first-order valence-corrected chi connectivity index (χ1v) is 10.3. The van der Waals surface area contributed by atoms with Crippen LogP contribution in [0.4, 0.5) is 10.2 Å². The molecule has 0 aliphatic rings. The van der Waals surface area contributed by atoms with E-state index in [4.69, 9.17) is 0 Å². The summed E-state index contributed by atoms with van der Waals surface area (Å²) >= 11 is 0. The second kappa shape index (κ2) is 8.48. The second-order valence-electron chi connectivity index (χ2n) is 6.32. The number of benzene rings is 1. The molecule has 11 heteroatoms. The third-order valence-electron chi connectivity index (χ3n) is 4.35. The zero-order valence-corrected chi connectivity index (χ0v) is 17.2. The van der Waals surface area contributed by atoms with Gasteiger partial charge in [0.1, 0.15) is 16.9 Å². The molecular formula is C20H18FN5O4S. The molecule has 0 saturated carbocycles. The maximum atomic E-state index is 13.0. The maximum Gasteiger partial charge on any atom is 0.274 e. The van der Waals surface area contributed by atoms with Gasteiger partial charge in [-0.1, -0.05) is 25.3 Å². The third-order valence-corrected chi connectivity index (χ3v) is 5.71. The highest BCUT2D eigenvalue weighted by molar-refractivity contribution is 7.95. The highest BCUT2D eigenvalue weighted by Crippen LogP contribution is 2.32. The Morgan fingerprint density at radius 1 is 1.23 bits per heavy atom. The quantitative estimate of drug-likeness (QED) is 0.574. The van der Waals surface area contributed by atoms with Crippen LogP contribution in [0.25, 0.3) is 17.1 Å². The van der Waals surface area contributed by atoms with Crippen LogP contribution >= 0.6 is 0 Å². The summed E-state index contributed by atoms with van der Waals surface area (Å²) in [6.45, 7) is 6.87. The predicted molar refractivity (Wildman–Crippen MR) is 114 cm³/mol. The van der Waals surface area contributed by atoms with E-state index in [0.717, 1.165) is 4.31 Å². The third kappa shape index (κ3) is 4.36. The van der Waals surface area contributed by atoms with E-state index in [9.17, 15) is 22.7 Å². The Morgan fingerprint density at radius 2 is 1.90 bits per heavy atom. The Bertz CT molecular complexity index is 1290. The van der Waals surface area contributed by atoms with Gasteiger partial charge in [0, 0.05) is 19.0 Å². The molecule has 9 nitrogen and oxygen atoms in total. The van der Waals surface area contributed by atoms with E-state index in [1.165, 1.54) is 43.6 Å². The Kier molecular flexibility index (Phi) is 5.97. The number of hydrogen-bond donors (Lipinski definition) is 2. The van der Waals surface area contributed by atoms with E-state index in [1.807, 2.05) is 0 Å². The molecule has 0 unspecified atom stereocenters. The van der Waals surface area contributed by atoms with Gasteiger partial charge in [0.25, 0.3) is 15.9 Å². The van der Waals surface area contributed by atoms with Crippen molar-refractivity contribution >= 4 is 38.9 Å². The summed E-state index contributed by atoms with van der Waals surface area (Å²) in [7, 11) is -2.77. The summed E-state index contributed by atoms with van der Waals surface area (Å²) in [4.78, 5) is 25.1. The van der Waals surface area contributed by atoms with E-state index in [2.05, 4.69) is 33.4 Å². The minimum absolute atomic E-state index is 0.0206. The van der Waals surface area contributed by atoms with Gasteiger partial charge in [-0.3, -0.25) is 9.10 Å². The summed E-state index contributed by atoms with van der Waals surface area (Å²) in [6.07, 6.45) is 2.70. The Hall–Kier alpha value is -3.86. The molecule has 2 aromatic heterocycles. The molecule has 0 bridgehead atoms. The molecule has 3 aromatic rings. The smallest absolute Gasteiger partial charge is 0.274 e. The minimum atomic E-state index is -3.98. The number of amides is 1. The first kappa shape index (κ1) is 21.8. The van der Waals surface area contributed by atoms with Gasteiger partial charge in [-0.15, -0.1) is 0 Å². The second-order valence-corrected chi connectivity index (χ2v) is 8.23. The van der Waals surface area contributed by atoms with Crippen molar-refractivity contribution in [1.82, 2.24) is 20.3 Å². The van der Waals surface area contributed by atoms with Gasteiger partial charge in [0.05, 0.1) is 11.9 Å². The number of rotatable bonds is 7. The van der Waals surface area contributed by atoms with Crippen LogP contribution in [-0.4, -0.2) is 41.4 Å². The lowest BCUT2D eigenvalue weighted by atomic mass is 10.2. The number of aromatic nitrogens is 3. The van der Waals surface area contributed by atoms with Crippen LogP contribution in [0.15, 0.2) is 49.0 Å². The highest BCUT2D eigenvalue weighted by Gasteiger charge is 2.26. The number of hydrogen-bond acceptors (Lipinski definition) is 7. The van der Waals surface area contributed by atoms with Crippen molar-refractivity contribution < 1.29 is 22.7 Å². The van der Waals surface area contributed by atoms with Gasteiger partial charge in [-0.2, -0.15) is 0 Å². The SMILES string of the molecule is C=Cc1cnc2c(N(C)S(=O)(=O)C=C)nc(C(=O)NCc3ccc(F)cc3)c(O)c2n1. The molecule has 0 fully saturated rings. The van der Waals surface area contributed by atoms with Gasteiger partial charge in [0.15, 0.2) is 17.3 Å². The summed E-state index contributed by atoms with van der Waals surface area (Å²) in [5.74, 6) is -2.00. The fourth-order valence-electron chi connectivity index (χ4n) is 2.63. The molecule has 1 aromatic carbocycles. The molecule has 0 radical (unpaired) electrons. The number of anilines is 1. The monoisotopic (exact) mass is 443 g/mol. The normalized spacial score (nSPS) is 11.2. The number of carbonyl (C=O) groups is 1. The summed E-state index contributed by atoms with van der Waals surface area (Å²) in [6, 6.07) is 5.46. The van der Waals surface area contributed by atoms with Gasteiger partial charge in [-0.25, -0.2) is 27.8 Å². The number of carbonyl (C=O) groups excluding carboxylic acids is 1. The number of halogens is 1. The first-order chi connectivity index (χ1) is 14.7. The molecule has 0 saturated heterocycles. The average Bonchev–Trinajstić information content (AvgIpc) is 2.78. The van der Waals surface area contributed by atoms with Gasteiger partial charge in [0.2, 0.25) is 0 Å². The molecule has 160 valence electrons. The van der Waals surface area contributed by atoms with Crippen molar-refractivity contribution in [3.8, 4) is 5.75 Å². The number of sulfonamides is 1. The summed E-state index contributed by atoms with van der Waals surface area (Å²) in [5, 5.41) is 13.9. The van der Waals surface area contributed by atoms with Gasteiger partial charge < -0.3 is 10.4 Å². The molecular weight excluding hydrogens is 425 g/mol. The summed E-state index contributed by atoms with van der Waals surface area (Å²) in [5.41, 5.74) is 0.292. The van der Waals surface area contributed by atoms with E-state index in [-0.39, 0.29) is 23.4 Å². The standard InChI is InChI=1S/C20H18FN5O4S/c1-4-14-11-22-16-15(24-14)18(27)17(25-19(16)26(3)31(29,30)5-2)20(28)23-10-12-6-8-13(21)9-7-12/h4-9,11,27H,1-2,10H2,3H3,(H,23,28). The van der Waals surface area contributed by atoms with Crippen molar-refractivity contribution in [2.45, 2.75) is 6.54 Å². The van der Waals surface area contributed by atoms with Crippen LogP contribution in [0, 0.1) is 5.82 Å². The van der Waals surface area contributed by atoms with Crippen LogP contribution in [0.3, 0.4) is 0 Å². The Morgan fingerprint density at radius 3 is 2.52 bits per heavy atom. The van der Waals surface area contributed by atoms with Gasteiger partial charge in [-0.05, 0) is 23.8 Å². The number of aromatic hydroxyl groups is 1. The summed E-state index contributed by atoms with van der Waals surface area (Å²) < 4.78 is 38.4. The molecule has 3 rings (SSSR count). The van der Waals surface area contributed by atoms with Gasteiger partial charge >= 0.3 is 0 Å². The van der Waals surface area contributed by atoms with Crippen LogP contribution in [0.5, 0.6) is 5.75 Å². The number of nitrogens with zero attached hydrogens (tertiary/aromatic N) is 4. The average molecular weight is 443 g/mol. The van der Waals surface area contributed by atoms with Crippen molar-refractivity contribution in [3.63, 3.8) is 0 Å². The molecule has 1 amide bonds. The fourth-order valence-corrected chi connectivity index (χ4v) is 3.22. The molecule has 31 heavy (non-hydrogen) atoms. The maximum absolute atomic E-state index is 13.0. The van der Waals surface area contributed by atoms with E-state index in [1.54, 1.807) is 0 Å². The topological polar surface area (TPSA) is 125 Å². The number of nitrogens with one attached hydrogen (secondary N) is 1. The zero-order valence-electron chi connectivity index (χ0n) is 16.4. The molecule has 0 spiro atoms. The van der Waals surface area contributed by atoms with E-state index in [0.29, 0.717) is 16.7 Å². The molecule has 0 atom stereocenters. The highest BCUT2D eigenvalue weighted by atomic mass is 32.2. The molecule has 0 aliphatic carbocycles. The van der Waals surface area contributed by atoms with Crippen molar-refractivity contribution in [1.29, 1.82) is 0 Å². The van der Waals surface area contributed by atoms with Crippen LogP contribution in [0.2, 0.25) is 0 Å². The first-order valence-electron chi connectivity index (χ1n) is 8.84. The Balaban J connectivity index is 2.10. The van der Waals surface area contributed by atoms with Crippen LogP contribution < -0.4 is 9.62 Å². The zero-order chi connectivity index (χ0) is 22.8. The predicted octanol–water partition coefficient (Wildman–Crippen LogP) is 2.35. The van der Waals surface area contributed by atoms with Crippen molar-refractivity contribution in [2.75, 3.05) is 11.4 Å². The van der Waals surface area contributed by atoms with E-state index >= 15 is 0 Å². The molecule has 0 aliphatic heterocycles. The van der Waals surface area contributed by atoms with Crippen LogP contribution in [-0.2, 0) is 16.6 Å². The van der Waals surface area contributed by atoms with Crippen molar-refractivity contribution in [3.05, 3.63) is 71.8 Å². The lowest BCUT2D eigenvalue weighted by Gasteiger charge is -2.19. The minimum Gasteiger partial charge on any atom is -0.504 e. The fraction of sp³-hybridized carbons (Fsp3) is 0.100. The number of fused-ring (bicyclic) bond motifs is 1. The van der Waals surface area contributed by atoms with Crippen LogP contribution in [0.1, 0.15) is 21.7 Å².